The third kappa shape index (κ3) is 4.34. The summed E-state index contributed by atoms with van der Waals surface area (Å²) in [7, 11) is 1.43. The normalized spacial score (nSPS) is 13.8. The van der Waals surface area contributed by atoms with Crippen LogP contribution in [0.1, 0.15) is 13.8 Å². The Labute approximate surface area is 116 Å². The van der Waals surface area contributed by atoms with Gasteiger partial charge in [-0.3, -0.25) is 4.79 Å². The minimum absolute atomic E-state index is 0.113. The Balaban J connectivity index is 2.98. The number of anilines is 1. The maximum Gasteiger partial charge on any atom is 0.387 e. The van der Waals surface area contributed by atoms with Crippen molar-refractivity contribution in [3.8, 4) is 11.5 Å². The lowest BCUT2D eigenvalue weighted by molar-refractivity contribution is -0.119. The number of hydrogen-bond acceptors (Lipinski definition) is 4. The first-order valence-corrected chi connectivity index (χ1v) is 6.04. The molecule has 0 radical (unpaired) electrons. The fraction of sp³-hybridized carbons (Fsp3) is 0.462. The first-order chi connectivity index (χ1) is 9.35. The number of rotatable bonds is 6. The number of alkyl halides is 2. The molecule has 1 amide bonds. The van der Waals surface area contributed by atoms with E-state index < -0.39 is 12.5 Å². The van der Waals surface area contributed by atoms with Gasteiger partial charge in [-0.1, -0.05) is 6.92 Å². The minimum atomic E-state index is -2.98. The number of ether oxygens (including phenoxy) is 2. The average Bonchev–Trinajstić information content (AvgIpc) is 2.38. The van der Waals surface area contributed by atoms with E-state index in [1.54, 1.807) is 13.8 Å². The Morgan fingerprint density at radius 3 is 2.50 bits per heavy atom. The number of carbonyl (C=O) groups is 1. The summed E-state index contributed by atoms with van der Waals surface area (Å²) >= 11 is 0. The molecule has 1 rings (SSSR count). The van der Waals surface area contributed by atoms with Crippen LogP contribution in [0.15, 0.2) is 18.2 Å². The van der Waals surface area contributed by atoms with Crippen LogP contribution in [0.3, 0.4) is 0 Å². The lowest BCUT2D eigenvalue weighted by atomic mass is 10.0. The van der Waals surface area contributed by atoms with Crippen LogP contribution in [-0.2, 0) is 4.79 Å². The van der Waals surface area contributed by atoms with Gasteiger partial charge in [0.2, 0.25) is 5.91 Å². The van der Waals surface area contributed by atoms with Crippen LogP contribution in [0.2, 0.25) is 0 Å². The molecule has 0 heterocycles. The molecule has 0 bridgehead atoms. The van der Waals surface area contributed by atoms with E-state index in [-0.39, 0.29) is 23.4 Å². The molecule has 5 nitrogen and oxygen atoms in total. The van der Waals surface area contributed by atoms with Gasteiger partial charge >= 0.3 is 6.61 Å². The smallest absolute Gasteiger partial charge is 0.387 e. The maximum atomic E-state index is 12.3. The molecule has 1 aromatic rings. The summed E-state index contributed by atoms with van der Waals surface area (Å²) in [4.78, 5) is 11.9. The second-order valence-corrected chi connectivity index (χ2v) is 4.38. The molecule has 0 saturated heterocycles. The van der Waals surface area contributed by atoms with E-state index in [4.69, 9.17) is 10.5 Å². The highest BCUT2D eigenvalue weighted by molar-refractivity contribution is 5.94. The number of methoxy groups -OCH3 is 1. The second kappa shape index (κ2) is 7.04. The quantitative estimate of drug-likeness (QED) is 0.841. The zero-order valence-electron chi connectivity index (χ0n) is 11.5. The first-order valence-electron chi connectivity index (χ1n) is 6.04. The molecule has 0 fully saturated rings. The summed E-state index contributed by atoms with van der Waals surface area (Å²) in [6.07, 6.45) is 0. The molecule has 2 unspecified atom stereocenters. The molecule has 0 aliphatic heterocycles. The molecule has 3 N–H and O–H groups in total. The van der Waals surface area contributed by atoms with Gasteiger partial charge in [0.05, 0.1) is 18.7 Å². The molecule has 1 aromatic carbocycles. The van der Waals surface area contributed by atoms with Crippen molar-refractivity contribution in [1.29, 1.82) is 0 Å². The van der Waals surface area contributed by atoms with Crippen LogP contribution in [0.25, 0.3) is 0 Å². The van der Waals surface area contributed by atoms with Crippen molar-refractivity contribution in [2.75, 3.05) is 12.4 Å². The van der Waals surface area contributed by atoms with E-state index in [2.05, 4.69) is 10.1 Å². The van der Waals surface area contributed by atoms with Crippen molar-refractivity contribution in [2.45, 2.75) is 26.5 Å². The van der Waals surface area contributed by atoms with E-state index in [1.807, 2.05) is 0 Å². The highest BCUT2D eigenvalue weighted by Crippen LogP contribution is 2.30. The third-order valence-electron chi connectivity index (χ3n) is 2.86. The predicted molar refractivity (Wildman–Crippen MR) is 71.1 cm³/mol. The summed E-state index contributed by atoms with van der Waals surface area (Å²) in [5.74, 6) is -0.575. The molecule has 20 heavy (non-hydrogen) atoms. The Morgan fingerprint density at radius 2 is 2.00 bits per heavy atom. The summed E-state index contributed by atoms with van der Waals surface area (Å²) < 4.78 is 34.0. The van der Waals surface area contributed by atoms with Crippen molar-refractivity contribution in [2.24, 2.45) is 11.7 Å². The molecule has 0 saturated carbocycles. The van der Waals surface area contributed by atoms with Crippen LogP contribution in [0.5, 0.6) is 11.5 Å². The van der Waals surface area contributed by atoms with Crippen molar-refractivity contribution < 1.29 is 23.0 Å². The molecular weight excluding hydrogens is 270 g/mol. The summed E-state index contributed by atoms with van der Waals surface area (Å²) in [5.41, 5.74) is 5.74. The van der Waals surface area contributed by atoms with E-state index in [1.165, 1.54) is 25.3 Å². The maximum absolute atomic E-state index is 12.3. The third-order valence-corrected chi connectivity index (χ3v) is 2.86. The van der Waals surface area contributed by atoms with Crippen molar-refractivity contribution >= 4 is 11.6 Å². The Morgan fingerprint density at radius 1 is 1.35 bits per heavy atom. The van der Waals surface area contributed by atoms with Crippen LogP contribution < -0.4 is 20.5 Å². The Kier molecular flexibility index (Phi) is 5.69. The lowest BCUT2D eigenvalue weighted by Crippen LogP contribution is -2.34. The highest BCUT2D eigenvalue weighted by atomic mass is 19.3. The van der Waals surface area contributed by atoms with Crippen LogP contribution in [0, 0.1) is 5.92 Å². The van der Waals surface area contributed by atoms with Crippen molar-refractivity contribution in [3.05, 3.63) is 18.2 Å². The minimum Gasteiger partial charge on any atom is -0.497 e. The van der Waals surface area contributed by atoms with E-state index >= 15 is 0 Å². The fourth-order valence-electron chi connectivity index (χ4n) is 1.42. The summed E-state index contributed by atoms with van der Waals surface area (Å²) in [6.45, 7) is 0.352. The molecule has 7 heteroatoms. The monoisotopic (exact) mass is 288 g/mol. The number of nitrogens with one attached hydrogen (secondary N) is 1. The SMILES string of the molecule is COc1ccc(OC(F)F)c(NC(=O)C(C)C(C)N)c1. The number of nitrogens with two attached hydrogens (primary N) is 1. The second-order valence-electron chi connectivity index (χ2n) is 4.38. The number of amides is 1. The zero-order valence-corrected chi connectivity index (χ0v) is 11.5. The topological polar surface area (TPSA) is 73.6 Å². The van der Waals surface area contributed by atoms with Gasteiger partial charge < -0.3 is 20.5 Å². The Hall–Kier alpha value is -1.89. The summed E-state index contributed by atoms with van der Waals surface area (Å²) in [5, 5.41) is 2.51. The number of hydrogen-bond donors (Lipinski definition) is 2. The lowest BCUT2D eigenvalue weighted by Gasteiger charge is -2.18. The number of benzene rings is 1. The van der Waals surface area contributed by atoms with Gasteiger partial charge in [-0.2, -0.15) is 8.78 Å². The van der Waals surface area contributed by atoms with E-state index in [9.17, 15) is 13.6 Å². The summed E-state index contributed by atoms with van der Waals surface area (Å²) in [6, 6.07) is 3.81. The van der Waals surface area contributed by atoms with Crippen molar-refractivity contribution in [1.82, 2.24) is 0 Å². The molecule has 0 spiro atoms. The van der Waals surface area contributed by atoms with Gasteiger partial charge in [-0.15, -0.1) is 0 Å². The average molecular weight is 288 g/mol. The Bertz CT molecular complexity index is 467. The van der Waals surface area contributed by atoms with Gasteiger partial charge in [0.25, 0.3) is 0 Å². The van der Waals surface area contributed by atoms with Gasteiger partial charge in [0.1, 0.15) is 11.5 Å². The standard InChI is InChI=1S/C13H18F2N2O3/c1-7(8(2)16)12(18)17-10-6-9(19-3)4-5-11(10)20-13(14)15/h4-8,13H,16H2,1-3H3,(H,17,18). The first kappa shape index (κ1) is 16.2. The number of halogens is 2. The zero-order chi connectivity index (χ0) is 15.3. The van der Waals surface area contributed by atoms with Crippen LogP contribution in [-0.4, -0.2) is 25.7 Å². The van der Waals surface area contributed by atoms with Gasteiger partial charge in [0.15, 0.2) is 0 Å². The molecule has 2 atom stereocenters. The fourth-order valence-corrected chi connectivity index (χ4v) is 1.42. The predicted octanol–water partition coefficient (Wildman–Crippen LogP) is 2.22. The molecule has 0 aliphatic carbocycles. The molecule has 0 aliphatic rings. The van der Waals surface area contributed by atoms with E-state index in [0.29, 0.717) is 5.75 Å². The molecular formula is C13H18F2N2O3. The number of carbonyl (C=O) groups excluding carboxylic acids is 1. The van der Waals surface area contributed by atoms with E-state index in [0.717, 1.165) is 0 Å². The van der Waals surface area contributed by atoms with Gasteiger partial charge in [0, 0.05) is 12.1 Å². The van der Waals surface area contributed by atoms with Gasteiger partial charge in [-0.05, 0) is 19.1 Å². The highest BCUT2D eigenvalue weighted by Gasteiger charge is 2.19. The molecule has 112 valence electrons. The van der Waals surface area contributed by atoms with Crippen LogP contribution in [0.4, 0.5) is 14.5 Å². The molecule has 0 aromatic heterocycles. The van der Waals surface area contributed by atoms with Crippen molar-refractivity contribution in [3.63, 3.8) is 0 Å². The largest absolute Gasteiger partial charge is 0.497 e. The van der Waals surface area contributed by atoms with Gasteiger partial charge in [-0.25, -0.2) is 0 Å². The van der Waals surface area contributed by atoms with Crippen LogP contribution >= 0.6 is 0 Å².